The van der Waals surface area contributed by atoms with E-state index in [0.29, 0.717) is 22.3 Å². The lowest BCUT2D eigenvalue weighted by Gasteiger charge is -2.19. The molecular formula is C24H22ClFN2O4. The molecule has 1 unspecified atom stereocenters. The molecule has 32 heavy (non-hydrogen) atoms. The Kier molecular flexibility index (Phi) is 7.56. The van der Waals surface area contributed by atoms with Gasteiger partial charge >= 0.3 is 0 Å². The average molecular weight is 457 g/mol. The molecule has 0 aliphatic heterocycles. The molecule has 0 saturated heterocycles. The lowest BCUT2D eigenvalue weighted by atomic mass is 9.85. The van der Waals surface area contributed by atoms with E-state index in [1.807, 2.05) is 0 Å². The number of hydrogen-bond acceptors (Lipinski definition) is 4. The first-order valence-electron chi connectivity index (χ1n) is 9.94. The van der Waals surface area contributed by atoms with Crippen LogP contribution in [0.3, 0.4) is 0 Å². The molecule has 1 heterocycles. The lowest BCUT2D eigenvalue weighted by Crippen LogP contribution is -2.26. The Balaban J connectivity index is 1.95. The topological polar surface area (TPSA) is 88.4 Å². The molecule has 2 N–H and O–H groups in total. The van der Waals surface area contributed by atoms with Gasteiger partial charge in [-0.15, -0.1) is 0 Å². The van der Waals surface area contributed by atoms with Gasteiger partial charge in [-0.1, -0.05) is 29.8 Å². The van der Waals surface area contributed by atoms with Gasteiger partial charge in [-0.2, -0.15) is 0 Å². The molecule has 166 valence electrons. The quantitative estimate of drug-likeness (QED) is 0.509. The molecule has 2 aromatic carbocycles. The first-order chi connectivity index (χ1) is 15.3. The zero-order chi connectivity index (χ0) is 23.3. The zero-order valence-corrected chi connectivity index (χ0v) is 18.1. The number of amides is 1. The first kappa shape index (κ1) is 23.4. The molecule has 3 rings (SSSR count). The second-order valence-electron chi connectivity index (χ2n) is 7.31. The third kappa shape index (κ3) is 5.49. The van der Waals surface area contributed by atoms with Gasteiger partial charge in [0.15, 0.2) is 5.78 Å². The number of hydrogen-bond donors (Lipinski definition) is 2. The van der Waals surface area contributed by atoms with Gasteiger partial charge in [0.2, 0.25) is 5.56 Å². The molecule has 0 aliphatic carbocycles. The van der Waals surface area contributed by atoms with Crippen LogP contribution in [0.5, 0.6) is 0 Å². The van der Waals surface area contributed by atoms with E-state index in [1.165, 1.54) is 35.0 Å². The summed E-state index contributed by atoms with van der Waals surface area (Å²) in [5, 5.41) is 11.7. The van der Waals surface area contributed by atoms with Crippen LogP contribution >= 0.6 is 11.6 Å². The van der Waals surface area contributed by atoms with Crippen LogP contribution in [0.4, 0.5) is 4.39 Å². The highest BCUT2D eigenvalue weighted by atomic mass is 35.5. The summed E-state index contributed by atoms with van der Waals surface area (Å²) in [6, 6.07) is 13.6. The molecule has 0 fully saturated rings. The number of aliphatic hydroxyl groups is 1. The van der Waals surface area contributed by atoms with E-state index >= 15 is 0 Å². The molecule has 1 atom stereocenters. The third-order valence-electron chi connectivity index (χ3n) is 5.11. The Morgan fingerprint density at radius 2 is 1.78 bits per heavy atom. The van der Waals surface area contributed by atoms with Crippen LogP contribution in [0.2, 0.25) is 5.02 Å². The minimum absolute atomic E-state index is 0.0488. The fourth-order valence-corrected chi connectivity index (χ4v) is 3.55. The smallest absolute Gasteiger partial charge is 0.251 e. The largest absolute Gasteiger partial charge is 0.395 e. The molecule has 1 aromatic heterocycles. The number of rotatable bonds is 8. The van der Waals surface area contributed by atoms with E-state index < -0.39 is 11.7 Å². The van der Waals surface area contributed by atoms with Gasteiger partial charge in [-0.25, -0.2) is 4.39 Å². The maximum Gasteiger partial charge on any atom is 0.251 e. The summed E-state index contributed by atoms with van der Waals surface area (Å²) in [4.78, 5) is 36.7. The van der Waals surface area contributed by atoms with Gasteiger partial charge < -0.3 is 15.0 Å². The number of aromatic nitrogens is 1. The number of aryl methyl sites for hydroxylation is 1. The normalized spacial score (nSPS) is 11.8. The molecule has 0 saturated carbocycles. The van der Waals surface area contributed by atoms with Crippen LogP contribution in [0.15, 0.2) is 65.6 Å². The maximum atomic E-state index is 14.8. The second kappa shape index (κ2) is 10.3. The number of nitrogens with one attached hydrogen (secondary N) is 1. The fourth-order valence-electron chi connectivity index (χ4n) is 3.39. The minimum Gasteiger partial charge on any atom is -0.395 e. The summed E-state index contributed by atoms with van der Waals surface area (Å²) in [6.07, 6.45) is 1.40. The van der Waals surface area contributed by atoms with Crippen LogP contribution in [-0.4, -0.2) is 34.5 Å². The van der Waals surface area contributed by atoms with Crippen LogP contribution in [-0.2, 0) is 7.05 Å². The number of aliphatic hydroxyl groups excluding tert-OH is 1. The van der Waals surface area contributed by atoms with Crippen molar-refractivity contribution in [1.82, 2.24) is 9.88 Å². The van der Waals surface area contributed by atoms with E-state index in [4.69, 9.17) is 16.7 Å². The monoisotopic (exact) mass is 456 g/mol. The van der Waals surface area contributed by atoms with E-state index in [2.05, 4.69) is 5.32 Å². The minimum atomic E-state index is -0.633. The van der Waals surface area contributed by atoms with Crippen LogP contribution in [0.25, 0.3) is 0 Å². The molecule has 3 aromatic rings. The maximum absolute atomic E-state index is 14.8. The first-order valence-corrected chi connectivity index (χ1v) is 10.3. The number of nitrogens with zero attached hydrogens (tertiary/aromatic N) is 1. The van der Waals surface area contributed by atoms with Crippen molar-refractivity contribution >= 4 is 23.3 Å². The number of ketones is 1. The molecule has 1 amide bonds. The van der Waals surface area contributed by atoms with Gasteiger partial charge in [0.05, 0.1) is 6.61 Å². The highest BCUT2D eigenvalue weighted by Crippen LogP contribution is 2.32. The van der Waals surface area contributed by atoms with Crippen molar-refractivity contribution in [2.24, 2.45) is 7.05 Å². The summed E-state index contributed by atoms with van der Waals surface area (Å²) in [5.41, 5.74) is 1.42. The van der Waals surface area contributed by atoms with Crippen molar-refractivity contribution in [1.29, 1.82) is 0 Å². The zero-order valence-electron chi connectivity index (χ0n) is 17.3. The highest BCUT2D eigenvalue weighted by Gasteiger charge is 2.23. The predicted molar refractivity (Wildman–Crippen MR) is 120 cm³/mol. The van der Waals surface area contributed by atoms with Crippen molar-refractivity contribution in [2.75, 3.05) is 13.2 Å². The van der Waals surface area contributed by atoms with Crippen molar-refractivity contribution in [3.05, 3.63) is 104 Å². The van der Waals surface area contributed by atoms with Gasteiger partial charge in [0, 0.05) is 54.3 Å². The van der Waals surface area contributed by atoms with E-state index in [-0.39, 0.29) is 41.8 Å². The van der Waals surface area contributed by atoms with Crippen molar-refractivity contribution < 1.29 is 19.1 Å². The summed E-state index contributed by atoms with van der Waals surface area (Å²) >= 11 is 5.90. The van der Waals surface area contributed by atoms with Crippen molar-refractivity contribution in [3.8, 4) is 0 Å². The van der Waals surface area contributed by atoms with Gasteiger partial charge in [-0.05, 0) is 41.5 Å². The Bertz CT molecular complexity index is 1190. The molecule has 0 radical (unpaired) electrons. The SMILES string of the molecule is Cn1cc(C(=O)CC(c2ccc(C(=O)NCCO)cc2)c2ccc(Cl)cc2F)ccc1=O. The molecule has 8 heteroatoms. The van der Waals surface area contributed by atoms with Gasteiger partial charge in [-0.3, -0.25) is 14.4 Å². The average Bonchev–Trinajstić information content (AvgIpc) is 2.78. The molecular weight excluding hydrogens is 435 g/mol. The van der Waals surface area contributed by atoms with Crippen molar-refractivity contribution in [2.45, 2.75) is 12.3 Å². The van der Waals surface area contributed by atoms with Crippen LogP contribution in [0.1, 0.15) is 44.2 Å². The van der Waals surface area contributed by atoms with E-state index in [0.717, 1.165) is 0 Å². The summed E-state index contributed by atoms with van der Waals surface area (Å²) < 4.78 is 16.1. The molecule has 6 nitrogen and oxygen atoms in total. The number of pyridine rings is 1. The molecule has 0 bridgehead atoms. The highest BCUT2D eigenvalue weighted by molar-refractivity contribution is 6.30. The Labute approximate surface area is 189 Å². The number of halogens is 2. The summed E-state index contributed by atoms with van der Waals surface area (Å²) in [5.74, 6) is -1.78. The number of Topliss-reactive ketones (excluding diaryl/α,β-unsaturated/α-hetero) is 1. The second-order valence-corrected chi connectivity index (χ2v) is 7.75. The number of benzene rings is 2. The number of carbonyl (C=O) groups is 2. The molecule has 0 aliphatic rings. The Morgan fingerprint density at radius 3 is 2.41 bits per heavy atom. The van der Waals surface area contributed by atoms with Gasteiger partial charge in [0.1, 0.15) is 5.82 Å². The van der Waals surface area contributed by atoms with Crippen LogP contribution in [0, 0.1) is 5.82 Å². The van der Waals surface area contributed by atoms with Crippen LogP contribution < -0.4 is 10.9 Å². The Hall–Kier alpha value is -3.29. The summed E-state index contributed by atoms with van der Waals surface area (Å²) in [6.45, 7) is -0.0395. The van der Waals surface area contributed by atoms with Gasteiger partial charge in [0.25, 0.3) is 5.91 Å². The predicted octanol–water partition coefficient (Wildman–Crippen LogP) is 3.30. The van der Waals surface area contributed by atoms with E-state index in [9.17, 15) is 18.8 Å². The Morgan fingerprint density at radius 1 is 1.09 bits per heavy atom. The molecule has 0 spiro atoms. The lowest BCUT2D eigenvalue weighted by molar-refractivity contribution is 0.0942. The summed E-state index contributed by atoms with van der Waals surface area (Å²) in [7, 11) is 1.55. The standard InChI is InChI=1S/C24H22ClFN2O4/c1-28-14-17(6-9-23(28)31)22(30)13-20(19-8-7-18(25)12-21(19)26)15-2-4-16(5-3-15)24(32)27-10-11-29/h2-9,12,14,20,29H,10-11,13H2,1H3,(H,27,32). The fraction of sp³-hybridized carbons (Fsp3) is 0.208. The number of carbonyl (C=O) groups excluding carboxylic acids is 2. The van der Waals surface area contributed by atoms with Crippen molar-refractivity contribution in [3.63, 3.8) is 0 Å². The third-order valence-corrected chi connectivity index (χ3v) is 5.34. The van der Waals surface area contributed by atoms with E-state index in [1.54, 1.807) is 37.4 Å².